The second kappa shape index (κ2) is 7.77. The van der Waals surface area contributed by atoms with Crippen LogP contribution in [0.25, 0.3) is 0 Å². The van der Waals surface area contributed by atoms with Crippen LogP contribution < -0.4 is 10.6 Å². The van der Waals surface area contributed by atoms with E-state index in [1.807, 2.05) is 18.7 Å². The fourth-order valence-corrected chi connectivity index (χ4v) is 2.40. The Bertz CT molecular complexity index is 527. The van der Waals surface area contributed by atoms with Crippen LogP contribution >= 0.6 is 0 Å². The van der Waals surface area contributed by atoms with Crippen molar-refractivity contribution in [2.24, 2.45) is 4.99 Å². The minimum atomic E-state index is 0.202. The molecule has 0 aliphatic carbocycles. The quantitative estimate of drug-likeness (QED) is 0.605. The molecule has 2 rings (SSSR count). The minimum absolute atomic E-state index is 0.202. The van der Waals surface area contributed by atoms with Crippen molar-refractivity contribution >= 4 is 11.9 Å². The molecule has 0 saturated carbocycles. The lowest BCUT2D eigenvalue weighted by Gasteiger charge is -2.18. The molecule has 1 fully saturated rings. The molecule has 0 bridgehead atoms. The van der Waals surface area contributed by atoms with Gasteiger partial charge in [0.2, 0.25) is 11.8 Å². The Morgan fingerprint density at radius 2 is 2.32 bits per heavy atom. The van der Waals surface area contributed by atoms with E-state index in [0.717, 1.165) is 26.1 Å². The average molecular weight is 308 g/mol. The molecule has 1 aromatic rings. The number of guanidine groups is 1. The molecule has 2 heterocycles. The van der Waals surface area contributed by atoms with E-state index in [4.69, 9.17) is 4.52 Å². The van der Waals surface area contributed by atoms with Crippen molar-refractivity contribution < 1.29 is 9.32 Å². The van der Waals surface area contributed by atoms with E-state index < -0.39 is 0 Å². The molecule has 1 amide bonds. The first-order valence-electron chi connectivity index (χ1n) is 7.74. The monoisotopic (exact) mass is 308 g/mol. The number of carbonyl (C=O) groups is 1. The fraction of sp³-hybridized carbons (Fsp3) is 0.714. The van der Waals surface area contributed by atoms with Crippen LogP contribution in [0.2, 0.25) is 0 Å². The summed E-state index contributed by atoms with van der Waals surface area (Å²) >= 11 is 0. The van der Waals surface area contributed by atoms with E-state index in [1.54, 1.807) is 6.92 Å². The highest BCUT2D eigenvalue weighted by Gasteiger charge is 2.25. The summed E-state index contributed by atoms with van der Waals surface area (Å²) in [6, 6.07) is 0.223. The van der Waals surface area contributed by atoms with E-state index in [0.29, 0.717) is 30.6 Å². The molecule has 1 aliphatic heterocycles. The first-order chi connectivity index (χ1) is 10.6. The number of carbonyl (C=O) groups excluding carboxylic acids is 1. The normalized spacial score (nSPS) is 18.6. The van der Waals surface area contributed by atoms with Crippen molar-refractivity contribution in [1.82, 2.24) is 25.7 Å². The summed E-state index contributed by atoms with van der Waals surface area (Å²) in [7, 11) is 0. The van der Waals surface area contributed by atoms with Gasteiger partial charge in [0.15, 0.2) is 11.8 Å². The van der Waals surface area contributed by atoms with Crippen LogP contribution in [0.5, 0.6) is 0 Å². The summed E-state index contributed by atoms with van der Waals surface area (Å²) in [4.78, 5) is 22.2. The third kappa shape index (κ3) is 4.44. The van der Waals surface area contributed by atoms with Crippen molar-refractivity contribution in [1.29, 1.82) is 0 Å². The third-order valence-corrected chi connectivity index (χ3v) is 3.48. The SMILES string of the molecule is CCNC(=NCc1noc(C)n1)NC1CCN(C(=O)CC)C1. The van der Waals surface area contributed by atoms with E-state index in [2.05, 4.69) is 25.8 Å². The molecule has 0 spiro atoms. The topological polar surface area (TPSA) is 95.7 Å². The van der Waals surface area contributed by atoms with Crippen LogP contribution in [0.3, 0.4) is 0 Å². The number of hydrogen-bond donors (Lipinski definition) is 2. The van der Waals surface area contributed by atoms with Crippen molar-refractivity contribution in [2.45, 2.75) is 46.2 Å². The predicted molar refractivity (Wildman–Crippen MR) is 82.3 cm³/mol. The molecule has 22 heavy (non-hydrogen) atoms. The van der Waals surface area contributed by atoms with Crippen LogP contribution in [0.4, 0.5) is 0 Å². The summed E-state index contributed by atoms with van der Waals surface area (Å²) in [5.41, 5.74) is 0. The van der Waals surface area contributed by atoms with Crippen molar-refractivity contribution in [3.63, 3.8) is 0 Å². The van der Waals surface area contributed by atoms with Crippen molar-refractivity contribution in [3.8, 4) is 0 Å². The molecule has 1 aliphatic rings. The van der Waals surface area contributed by atoms with Crippen LogP contribution in [0.1, 0.15) is 38.4 Å². The molecular formula is C14H24N6O2. The number of nitrogens with zero attached hydrogens (tertiary/aromatic N) is 4. The zero-order valence-electron chi connectivity index (χ0n) is 13.4. The molecule has 1 unspecified atom stereocenters. The smallest absolute Gasteiger partial charge is 0.223 e. The first-order valence-corrected chi connectivity index (χ1v) is 7.74. The van der Waals surface area contributed by atoms with Gasteiger partial charge in [-0.3, -0.25) is 4.79 Å². The lowest BCUT2D eigenvalue weighted by molar-refractivity contribution is -0.129. The highest BCUT2D eigenvalue weighted by atomic mass is 16.5. The average Bonchev–Trinajstić information content (AvgIpc) is 3.13. The van der Waals surface area contributed by atoms with Gasteiger partial charge in [-0.25, -0.2) is 4.99 Å². The summed E-state index contributed by atoms with van der Waals surface area (Å²) in [5.74, 6) is 2.01. The molecule has 0 aromatic carbocycles. The molecule has 1 atom stereocenters. The van der Waals surface area contributed by atoms with E-state index in [-0.39, 0.29) is 11.9 Å². The van der Waals surface area contributed by atoms with E-state index in [9.17, 15) is 4.79 Å². The molecule has 0 radical (unpaired) electrons. The van der Waals surface area contributed by atoms with Crippen LogP contribution in [-0.4, -0.2) is 52.6 Å². The van der Waals surface area contributed by atoms with Crippen LogP contribution in [0, 0.1) is 6.92 Å². The maximum atomic E-state index is 11.7. The second-order valence-electron chi connectivity index (χ2n) is 5.25. The highest BCUT2D eigenvalue weighted by molar-refractivity contribution is 5.80. The van der Waals surface area contributed by atoms with Crippen molar-refractivity contribution in [2.75, 3.05) is 19.6 Å². The van der Waals surface area contributed by atoms with Gasteiger partial charge in [0.05, 0.1) is 0 Å². The molecule has 8 heteroatoms. The van der Waals surface area contributed by atoms with Crippen molar-refractivity contribution in [3.05, 3.63) is 11.7 Å². The van der Waals surface area contributed by atoms with Gasteiger partial charge in [-0.05, 0) is 13.3 Å². The van der Waals surface area contributed by atoms with E-state index in [1.165, 1.54) is 0 Å². The number of aliphatic imine (C=N–C) groups is 1. The van der Waals surface area contributed by atoms with Gasteiger partial charge in [0.1, 0.15) is 6.54 Å². The number of likely N-dealkylation sites (tertiary alicyclic amines) is 1. The first kappa shape index (κ1) is 16.3. The van der Waals surface area contributed by atoms with Gasteiger partial charge in [0.25, 0.3) is 0 Å². The Kier molecular flexibility index (Phi) is 5.74. The summed E-state index contributed by atoms with van der Waals surface area (Å²) in [6.45, 7) is 8.30. The number of rotatable bonds is 5. The standard InChI is InChI=1S/C14H24N6O2/c1-4-13(21)20-7-6-11(9-20)18-14(15-5-2)16-8-12-17-10(3)22-19-12/h11H,4-9H2,1-3H3,(H2,15,16,18). The molecule has 122 valence electrons. The third-order valence-electron chi connectivity index (χ3n) is 3.48. The minimum Gasteiger partial charge on any atom is -0.357 e. The van der Waals surface area contributed by atoms with E-state index >= 15 is 0 Å². The Morgan fingerprint density at radius 3 is 2.95 bits per heavy atom. The number of hydrogen-bond acceptors (Lipinski definition) is 5. The maximum Gasteiger partial charge on any atom is 0.223 e. The Labute approximate surface area is 130 Å². The fourth-order valence-electron chi connectivity index (χ4n) is 2.40. The van der Waals surface area contributed by atoms with Gasteiger partial charge in [-0.15, -0.1) is 0 Å². The number of aromatic nitrogens is 2. The molecular weight excluding hydrogens is 284 g/mol. The van der Waals surface area contributed by atoms with Gasteiger partial charge >= 0.3 is 0 Å². The second-order valence-corrected chi connectivity index (χ2v) is 5.25. The predicted octanol–water partition coefficient (Wildman–Crippen LogP) is 0.444. The zero-order chi connectivity index (χ0) is 15.9. The highest BCUT2D eigenvalue weighted by Crippen LogP contribution is 2.10. The molecule has 1 aromatic heterocycles. The summed E-state index contributed by atoms with van der Waals surface area (Å²) < 4.78 is 4.93. The van der Waals surface area contributed by atoms with Crippen LogP contribution in [-0.2, 0) is 11.3 Å². The lowest BCUT2D eigenvalue weighted by atomic mass is 10.3. The Morgan fingerprint density at radius 1 is 1.50 bits per heavy atom. The maximum absolute atomic E-state index is 11.7. The Balaban J connectivity index is 1.90. The van der Waals surface area contributed by atoms with Gasteiger partial charge < -0.3 is 20.1 Å². The number of aryl methyl sites for hydroxylation is 1. The summed E-state index contributed by atoms with van der Waals surface area (Å²) in [5, 5.41) is 10.4. The van der Waals surface area contributed by atoms with Crippen LogP contribution in [0.15, 0.2) is 9.52 Å². The zero-order valence-corrected chi connectivity index (χ0v) is 13.4. The van der Waals surface area contributed by atoms with Gasteiger partial charge in [0, 0.05) is 39.0 Å². The molecule has 8 nitrogen and oxygen atoms in total. The number of amides is 1. The Hall–Kier alpha value is -2.12. The van der Waals surface area contributed by atoms with Gasteiger partial charge in [-0.2, -0.15) is 4.98 Å². The van der Waals surface area contributed by atoms with Gasteiger partial charge in [-0.1, -0.05) is 12.1 Å². The lowest BCUT2D eigenvalue weighted by Crippen LogP contribution is -2.45. The molecule has 1 saturated heterocycles. The summed E-state index contributed by atoms with van der Waals surface area (Å²) in [6.07, 6.45) is 1.48. The number of nitrogens with one attached hydrogen (secondary N) is 2. The largest absolute Gasteiger partial charge is 0.357 e. The molecule has 2 N–H and O–H groups in total.